The van der Waals surface area contributed by atoms with Gasteiger partial charge in [0.15, 0.2) is 0 Å². The van der Waals surface area contributed by atoms with Crippen LogP contribution >= 0.6 is 11.6 Å². The van der Waals surface area contributed by atoms with Crippen LogP contribution in [0.25, 0.3) is 10.9 Å². The molecule has 0 bridgehead atoms. The van der Waals surface area contributed by atoms with E-state index in [9.17, 15) is 9.59 Å². The lowest BCUT2D eigenvalue weighted by molar-refractivity contribution is 0.0602. The van der Waals surface area contributed by atoms with Crippen molar-refractivity contribution < 1.29 is 9.53 Å². The number of halogens is 1. The Balaban J connectivity index is 1.71. The summed E-state index contributed by atoms with van der Waals surface area (Å²) in [5.41, 5.74) is 3.54. The number of aromatic nitrogens is 1. The molecule has 4 rings (SSSR count). The summed E-state index contributed by atoms with van der Waals surface area (Å²) >= 11 is 6.03. The molecule has 30 heavy (non-hydrogen) atoms. The second kappa shape index (κ2) is 8.43. The molecule has 150 valence electrons. The number of fused-ring (bicyclic) bond motifs is 1. The Morgan fingerprint density at radius 3 is 2.57 bits per heavy atom. The summed E-state index contributed by atoms with van der Waals surface area (Å²) in [4.78, 5) is 24.6. The normalized spacial score (nSPS) is 10.7. The monoisotopic (exact) mass is 418 g/mol. The minimum atomic E-state index is -0.475. The first kappa shape index (κ1) is 19.7. The van der Waals surface area contributed by atoms with E-state index in [1.807, 2.05) is 48.5 Å². The van der Waals surface area contributed by atoms with Crippen molar-refractivity contribution in [1.29, 1.82) is 0 Å². The minimum Gasteiger partial charge on any atom is -0.465 e. The van der Waals surface area contributed by atoms with Crippen molar-refractivity contribution in [3.05, 3.63) is 105 Å². The zero-order valence-electron chi connectivity index (χ0n) is 16.3. The van der Waals surface area contributed by atoms with Crippen molar-refractivity contribution in [2.75, 3.05) is 12.4 Å². The molecule has 1 N–H and O–H groups in total. The lowest BCUT2D eigenvalue weighted by Crippen LogP contribution is -2.19. The second-order valence-corrected chi connectivity index (χ2v) is 7.26. The van der Waals surface area contributed by atoms with E-state index >= 15 is 0 Å². The molecule has 0 aliphatic rings. The Labute approximate surface area is 178 Å². The Kier molecular flexibility index (Phi) is 5.55. The van der Waals surface area contributed by atoms with Gasteiger partial charge in [-0.1, -0.05) is 41.9 Å². The Morgan fingerprint density at radius 1 is 1.00 bits per heavy atom. The molecular weight excluding hydrogens is 400 g/mol. The van der Waals surface area contributed by atoms with E-state index in [-0.39, 0.29) is 5.56 Å². The van der Waals surface area contributed by atoms with Gasteiger partial charge in [0, 0.05) is 22.2 Å². The molecule has 0 fully saturated rings. The lowest BCUT2D eigenvalue weighted by atomic mass is 10.1. The number of nitrogens with one attached hydrogen (secondary N) is 1. The fourth-order valence-corrected chi connectivity index (χ4v) is 3.54. The van der Waals surface area contributed by atoms with Gasteiger partial charge >= 0.3 is 5.97 Å². The molecule has 1 heterocycles. The summed E-state index contributed by atoms with van der Waals surface area (Å²) in [5, 5.41) is 4.60. The van der Waals surface area contributed by atoms with Crippen molar-refractivity contribution >= 4 is 39.8 Å². The quantitative estimate of drug-likeness (QED) is 0.450. The number of benzene rings is 3. The largest absolute Gasteiger partial charge is 0.465 e. The Hall–Kier alpha value is -3.57. The maximum atomic E-state index is 12.5. The molecule has 0 spiro atoms. The van der Waals surface area contributed by atoms with Crippen molar-refractivity contribution in [3.63, 3.8) is 0 Å². The van der Waals surface area contributed by atoms with Gasteiger partial charge in [-0.25, -0.2) is 4.79 Å². The van der Waals surface area contributed by atoms with Crippen LogP contribution in [0.5, 0.6) is 0 Å². The number of anilines is 2. The molecule has 5 nitrogen and oxygen atoms in total. The molecule has 6 heteroatoms. The summed E-state index contributed by atoms with van der Waals surface area (Å²) in [6.07, 6.45) is 0. The smallest absolute Gasteiger partial charge is 0.340 e. The van der Waals surface area contributed by atoms with Gasteiger partial charge in [0.2, 0.25) is 0 Å². The molecular formula is C24H19ClN2O3. The molecule has 0 unspecified atom stereocenters. The van der Waals surface area contributed by atoms with E-state index < -0.39 is 5.97 Å². The molecule has 0 radical (unpaired) electrons. The first-order valence-corrected chi connectivity index (χ1v) is 9.75. The highest BCUT2D eigenvalue weighted by Gasteiger charge is 2.13. The maximum Gasteiger partial charge on any atom is 0.340 e. The number of carbonyl (C=O) groups is 1. The highest BCUT2D eigenvalue weighted by atomic mass is 35.5. The van der Waals surface area contributed by atoms with E-state index in [1.165, 1.54) is 7.11 Å². The second-order valence-electron chi connectivity index (χ2n) is 6.82. The van der Waals surface area contributed by atoms with Crippen molar-refractivity contribution in [2.24, 2.45) is 0 Å². The summed E-state index contributed by atoms with van der Waals surface area (Å²) in [7, 11) is 1.33. The molecule has 1 aromatic heterocycles. The maximum absolute atomic E-state index is 12.5. The van der Waals surface area contributed by atoms with Gasteiger partial charge in [0.25, 0.3) is 5.56 Å². The van der Waals surface area contributed by atoms with E-state index in [1.54, 1.807) is 34.9 Å². The molecule has 0 aliphatic heterocycles. The summed E-state index contributed by atoms with van der Waals surface area (Å²) in [5.74, 6) is -0.475. The van der Waals surface area contributed by atoms with Crippen molar-refractivity contribution in [1.82, 2.24) is 4.57 Å². The van der Waals surface area contributed by atoms with Gasteiger partial charge < -0.3 is 14.6 Å². The SMILES string of the molecule is COC(=O)c1cc(Cl)ccc1Nc1ccc2c(ccc(=O)n2Cc2ccccc2)c1. The fraction of sp³-hybridized carbons (Fsp3) is 0.0833. The number of carbonyl (C=O) groups excluding carboxylic acids is 1. The number of ether oxygens (including phenoxy) is 1. The Bertz CT molecular complexity index is 1280. The molecule has 0 aliphatic carbocycles. The minimum absolute atomic E-state index is 0.0576. The number of nitrogens with zero attached hydrogens (tertiary/aromatic N) is 1. The molecule has 0 saturated carbocycles. The van der Waals surface area contributed by atoms with Crippen molar-refractivity contribution in [3.8, 4) is 0 Å². The average Bonchev–Trinajstić information content (AvgIpc) is 2.77. The van der Waals surface area contributed by atoms with Gasteiger partial charge in [-0.2, -0.15) is 0 Å². The van der Waals surface area contributed by atoms with Crippen LogP contribution in [0.2, 0.25) is 5.02 Å². The van der Waals surface area contributed by atoms with E-state index in [0.717, 1.165) is 22.2 Å². The van der Waals surface area contributed by atoms with E-state index in [0.29, 0.717) is 22.8 Å². The molecule has 0 atom stereocenters. The predicted octanol–water partition coefficient (Wildman–Crippen LogP) is 5.23. The number of hydrogen-bond donors (Lipinski definition) is 1. The van der Waals surface area contributed by atoms with E-state index in [4.69, 9.17) is 16.3 Å². The van der Waals surface area contributed by atoms with E-state index in [2.05, 4.69) is 5.32 Å². The van der Waals surface area contributed by atoms with Gasteiger partial charge in [0.1, 0.15) is 0 Å². The van der Waals surface area contributed by atoms with Gasteiger partial charge in [0.05, 0.1) is 30.4 Å². The van der Waals surface area contributed by atoms with Crippen LogP contribution in [-0.4, -0.2) is 17.6 Å². The molecule has 4 aromatic rings. The van der Waals surface area contributed by atoms with Crippen LogP contribution in [0.3, 0.4) is 0 Å². The lowest BCUT2D eigenvalue weighted by Gasteiger charge is -2.14. The van der Waals surface area contributed by atoms with Crippen LogP contribution in [0.15, 0.2) is 83.7 Å². The zero-order chi connectivity index (χ0) is 21.1. The van der Waals surface area contributed by atoms with Crippen LogP contribution in [0, 0.1) is 0 Å². The third-order valence-electron chi connectivity index (χ3n) is 4.84. The molecule has 3 aromatic carbocycles. The highest BCUT2D eigenvalue weighted by Crippen LogP contribution is 2.27. The number of rotatable bonds is 5. The topological polar surface area (TPSA) is 60.3 Å². The van der Waals surface area contributed by atoms with Gasteiger partial charge in [-0.05, 0) is 48.0 Å². The predicted molar refractivity (Wildman–Crippen MR) is 120 cm³/mol. The number of esters is 1. The van der Waals surface area contributed by atoms with Gasteiger partial charge in [-0.15, -0.1) is 0 Å². The number of pyridine rings is 1. The van der Waals surface area contributed by atoms with Crippen LogP contribution in [0.1, 0.15) is 15.9 Å². The third kappa shape index (κ3) is 4.07. The first-order valence-electron chi connectivity index (χ1n) is 9.37. The summed E-state index contributed by atoms with van der Waals surface area (Å²) in [6.45, 7) is 0.494. The standard InChI is InChI=1S/C24H19ClN2O3/c1-30-24(29)20-14-18(25)8-10-21(20)26-19-9-11-22-17(13-19)7-12-23(28)27(22)15-16-5-3-2-4-6-16/h2-14,26H,15H2,1H3. The summed E-state index contributed by atoms with van der Waals surface area (Å²) in [6, 6.07) is 23.9. The highest BCUT2D eigenvalue weighted by molar-refractivity contribution is 6.31. The van der Waals surface area contributed by atoms with Crippen LogP contribution in [0.4, 0.5) is 11.4 Å². The zero-order valence-corrected chi connectivity index (χ0v) is 17.0. The van der Waals surface area contributed by atoms with Crippen LogP contribution in [-0.2, 0) is 11.3 Å². The van der Waals surface area contributed by atoms with Crippen molar-refractivity contribution in [2.45, 2.75) is 6.54 Å². The summed E-state index contributed by atoms with van der Waals surface area (Å²) < 4.78 is 6.60. The number of hydrogen-bond acceptors (Lipinski definition) is 4. The van der Waals surface area contributed by atoms with Gasteiger partial charge in [-0.3, -0.25) is 4.79 Å². The molecule has 0 saturated heterocycles. The first-order chi connectivity index (χ1) is 14.5. The number of methoxy groups -OCH3 is 1. The Morgan fingerprint density at radius 2 is 1.80 bits per heavy atom. The third-order valence-corrected chi connectivity index (χ3v) is 5.07. The molecule has 0 amide bonds. The van der Waals surface area contributed by atoms with Crippen LogP contribution < -0.4 is 10.9 Å². The fourth-order valence-electron chi connectivity index (χ4n) is 3.37. The average molecular weight is 419 g/mol.